The number of hydrogen-bond donors (Lipinski definition) is 0. The highest BCUT2D eigenvalue weighted by Gasteiger charge is 2.24. The van der Waals surface area contributed by atoms with Crippen LogP contribution >= 0.6 is 0 Å². The van der Waals surface area contributed by atoms with Crippen LogP contribution < -0.4 is 0 Å². The van der Waals surface area contributed by atoms with Crippen molar-refractivity contribution in [3.63, 3.8) is 0 Å². The molecular weight excluding hydrogens is 148 g/mol. The number of Topliss-reactive ketones (excluding diaryl/α,β-unsaturated/α-hetero) is 1. The molecule has 0 aromatic rings. The van der Waals surface area contributed by atoms with Gasteiger partial charge >= 0.3 is 0 Å². The van der Waals surface area contributed by atoms with Gasteiger partial charge in [-0.1, -0.05) is 26.0 Å². The quantitative estimate of drug-likeness (QED) is 0.586. The lowest BCUT2D eigenvalue weighted by Gasteiger charge is -2.08. The molecule has 12 heavy (non-hydrogen) atoms. The van der Waals surface area contributed by atoms with E-state index in [9.17, 15) is 4.79 Å². The summed E-state index contributed by atoms with van der Waals surface area (Å²) in [5.41, 5.74) is 0.962. The SMILES string of the molecule is C=CCC1=CC(C(C)C)CC1=O. The van der Waals surface area contributed by atoms with Crippen molar-refractivity contribution < 1.29 is 4.79 Å². The molecule has 0 aromatic carbocycles. The fourth-order valence-corrected chi connectivity index (χ4v) is 1.52. The third-order valence-corrected chi connectivity index (χ3v) is 2.42. The van der Waals surface area contributed by atoms with E-state index in [0.717, 1.165) is 12.0 Å². The fraction of sp³-hybridized carbons (Fsp3) is 0.545. The molecule has 0 spiro atoms. The Morgan fingerprint density at radius 2 is 2.42 bits per heavy atom. The van der Waals surface area contributed by atoms with E-state index in [1.165, 1.54) is 0 Å². The van der Waals surface area contributed by atoms with Crippen molar-refractivity contribution in [1.82, 2.24) is 0 Å². The van der Waals surface area contributed by atoms with E-state index in [0.29, 0.717) is 24.0 Å². The highest BCUT2D eigenvalue weighted by Crippen LogP contribution is 2.28. The minimum atomic E-state index is 0.314. The van der Waals surface area contributed by atoms with Crippen LogP contribution in [-0.4, -0.2) is 5.78 Å². The lowest BCUT2D eigenvalue weighted by Crippen LogP contribution is -2.04. The molecule has 0 saturated heterocycles. The van der Waals surface area contributed by atoms with Gasteiger partial charge in [-0.05, 0) is 23.8 Å². The van der Waals surface area contributed by atoms with E-state index in [-0.39, 0.29) is 0 Å². The lowest BCUT2D eigenvalue weighted by molar-refractivity contribution is -0.115. The monoisotopic (exact) mass is 164 g/mol. The Morgan fingerprint density at radius 3 is 2.83 bits per heavy atom. The molecule has 0 bridgehead atoms. The van der Waals surface area contributed by atoms with Crippen LogP contribution in [0.2, 0.25) is 0 Å². The van der Waals surface area contributed by atoms with E-state index in [4.69, 9.17) is 0 Å². The molecule has 1 atom stereocenters. The molecule has 0 radical (unpaired) electrons. The third-order valence-electron chi connectivity index (χ3n) is 2.42. The fourth-order valence-electron chi connectivity index (χ4n) is 1.52. The lowest BCUT2D eigenvalue weighted by atomic mass is 9.96. The van der Waals surface area contributed by atoms with Gasteiger partial charge in [0.15, 0.2) is 5.78 Å². The van der Waals surface area contributed by atoms with Crippen LogP contribution in [0.15, 0.2) is 24.3 Å². The Bertz CT molecular complexity index is 223. The Balaban J connectivity index is 2.67. The van der Waals surface area contributed by atoms with E-state index in [1.807, 2.05) is 0 Å². The molecule has 0 amide bonds. The standard InChI is InChI=1S/C11H16O/c1-4-5-9-6-10(8(2)3)7-11(9)12/h4,6,8,10H,1,5,7H2,2-3H3. The van der Waals surface area contributed by atoms with Crippen molar-refractivity contribution in [3.05, 3.63) is 24.3 Å². The van der Waals surface area contributed by atoms with Crippen molar-refractivity contribution in [1.29, 1.82) is 0 Å². The molecule has 1 heteroatoms. The first-order valence-electron chi connectivity index (χ1n) is 4.50. The molecule has 1 nitrogen and oxygen atoms in total. The zero-order chi connectivity index (χ0) is 9.14. The maximum atomic E-state index is 11.4. The topological polar surface area (TPSA) is 17.1 Å². The van der Waals surface area contributed by atoms with Crippen LogP contribution in [0.3, 0.4) is 0 Å². The van der Waals surface area contributed by atoms with Crippen molar-refractivity contribution in [2.45, 2.75) is 26.7 Å². The van der Waals surface area contributed by atoms with Gasteiger partial charge in [0.1, 0.15) is 0 Å². The van der Waals surface area contributed by atoms with Crippen molar-refractivity contribution in [2.75, 3.05) is 0 Å². The number of rotatable bonds is 3. The molecule has 0 aliphatic heterocycles. The summed E-state index contributed by atoms with van der Waals surface area (Å²) in [6, 6.07) is 0. The molecule has 1 aliphatic rings. The van der Waals surface area contributed by atoms with E-state index < -0.39 is 0 Å². The second kappa shape index (κ2) is 3.70. The van der Waals surface area contributed by atoms with Crippen LogP contribution in [0.4, 0.5) is 0 Å². The summed E-state index contributed by atoms with van der Waals surface area (Å²) in [4.78, 5) is 11.4. The summed E-state index contributed by atoms with van der Waals surface area (Å²) < 4.78 is 0. The molecule has 0 saturated carbocycles. The predicted octanol–water partition coefficient (Wildman–Crippen LogP) is 2.73. The van der Waals surface area contributed by atoms with Gasteiger partial charge in [-0.15, -0.1) is 6.58 Å². The van der Waals surface area contributed by atoms with Crippen LogP contribution in [0.1, 0.15) is 26.7 Å². The molecule has 66 valence electrons. The van der Waals surface area contributed by atoms with Gasteiger partial charge < -0.3 is 0 Å². The minimum absolute atomic E-state index is 0.314. The molecule has 0 N–H and O–H groups in total. The van der Waals surface area contributed by atoms with Crippen molar-refractivity contribution in [3.8, 4) is 0 Å². The van der Waals surface area contributed by atoms with E-state index >= 15 is 0 Å². The molecule has 1 unspecified atom stereocenters. The third kappa shape index (κ3) is 1.84. The van der Waals surface area contributed by atoms with Crippen molar-refractivity contribution >= 4 is 5.78 Å². The normalized spacial score (nSPS) is 23.1. The maximum absolute atomic E-state index is 11.4. The van der Waals surface area contributed by atoms with Gasteiger partial charge in [0.25, 0.3) is 0 Å². The summed E-state index contributed by atoms with van der Waals surface area (Å²) in [6.45, 7) is 7.95. The largest absolute Gasteiger partial charge is 0.295 e. The molecule has 0 aromatic heterocycles. The van der Waals surface area contributed by atoms with Crippen LogP contribution in [0.25, 0.3) is 0 Å². The molecule has 0 heterocycles. The first-order chi connectivity index (χ1) is 5.65. The summed E-state index contributed by atoms with van der Waals surface area (Å²) in [7, 11) is 0. The summed E-state index contributed by atoms with van der Waals surface area (Å²) >= 11 is 0. The zero-order valence-electron chi connectivity index (χ0n) is 7.84. The Morgan fingerprint density at radius 1 is 1.75 bits per heavy atom. The van der Waals surface area contributed by atoms with Crippen LogP contribution in [0.5, 0.6) is 0 Å². The summed E-state index contributed by atoms with van der Waals surface area (Å²) in [6.07, 6.45) is 5.37. The van der Waals surface area contributed by atoms with Gasteiger partial charge in [-0.2, -0.15) is 0 Å². The van der Waals surface area contributed by atoms with Gasteiger partial charge in [0.05, 0.1) is 0 Å². The first-order valence-corrected chi connectivity index (χ1v) is 4.50. The van der Waals surface area contributed by atoms with E-state index in [2.05, 4.69) is 26.5 Å². The Kier molecular flexibility index (Phi) is 2.85. The van der Waals surface area contributed by atoms with Gasteiger partial charge in [-0.25, -0.2) is 0 Å². The minimum Gasteiger partial charge on any atom is -0.295 e. The highest BCUT2D eigenvalue weighted by atomic mass is 16.1. The van der Waals surface area contributed by atoms with Crippen LogP contribution in [-0.2, 0) is 4.79 Å². The molecule has 1 aliphatic carbocycles. The Hall–Kier alpha value is -0.850. The van der Waals surface area contributed by atoms with Gasteiger partial charge in [0, 0.05) is 6.42 Å². The smallest absolute Gasteiger partial charge is 0.159 e. The molecule has 0 fully saturated rings. The zero-order valence-corrected chi connectivity index (χ0v) is 7.84. The summed E-state index contributed by atoms with van der Waals surface area (Å²) in [5, 5.41) is 0. The number of carbonyl (C=O) groups excluding carboxylic acids is 1. The van der Waals surface area contributed by atoms with Crippen LogP contribution in [0, 0.1) is 11.8 Å². The number of allylic oxidation sites excluding steroid dienone is 3. The van der Waals surface area contributed by atoms with Crippen molar-refractivity contribution in [2.24, 2.45) is 11.8 Å². The number of hydrogen-bond acceptors (Lipinski definition) is 1. The molecular formula is C11H16O. The second-order valence-electron chi connectivity index (χ2n) is 3.72. The average Bonchev–Trinajstić information content (AvgIpc) is 2.34. The average molecular weight is 164 g/mol. The highest BCUT2D eigenvalue weighted by molar-refractivity contribution is 5.98. The number of ketones is 1. The number of carbonyl (C=O) groups is 1. The van der Waals surface area contributed by atoms with Gasteiger partial charge in [-0.3, -0.25) is 4.79 Å². The summed E-state index contributed by atoms with van der Waals surface area (Å²) in [5.74, 6) is 1.36. The maximum Gasteiger partial charge on any atom is 0.159 e. The predicted molar refractivity (Wildman–Crippen MR) is 50.8 cm³/mol. The van der Waals surface area contributed by atoms with Gasteiger partial charge in [0.2, 0.25) is 0 Å². The van der Waals surface area contributed by atoms with E-state index in [1.54, 1.807) is 6.08 Å². The first kappa shape index (κ1) is 9.24. The molecule has 1 rings (SSSR count). The second-order valence-corrected chi connectivity index (χ2v) is 3.72. The Labute approximate surface area is 74.2 Å².